The van der Waals surface area contributed by atoms with Crippen LogP contribution >= 0.6 is 11.8 Å². The number of hydrogen-bond donors (Lipinski definition) is 1. The van der Waals surface area contributed by atoms with Gasteiger partial charge in [0.1, 0.15) is 0 Å². The van der Waals surface area contributed by atoms with E-state index in [0.717, 1.165) is 24.0 Å². The third kappa shape index (κ3) is 3.92. The maximum absolute atomic E-state index is 5.65. The molecular formula is C12H22N4S. The van der Waals surface area contributed by atoms with Crippen molar-refractivity contribution in [1.82, 2.24) is 14.7 Å². The van der Waals surface area contributed by atoms with Gasteiger partial charge in [-0.25, -0.2) is 0 Å². The van der Waals surface area contributed by atoms with Gasteiger partial charge in [-0.1, -0.05) is 0 Å². The van der Waals surface area contributed by atoms with Gasteiger partial charge in [0.25, 0.3) is 0 Å². The van der Waals surface area contributed by atoms with Gasteiger partial charge in [0.15, 0.2) is 0 Å². The van der Waals surface area contributed by atoms with Crippen molar-refractivity contribution >= 4 is 17.4 Å². The highest BCUT2D eigenvalue weighted by Crippen LogP contribution is 2.20. The predicted molar refractivity (Wildman–Crippen MR) is 74.2 cm³/mol. The maximum atomic E-state index is 5.65. The molecule has 0 radical (unpaired) electrons. The molecule has 1 fully saturated rings. The molecule has 1 aromatic heterocycles. The summed E-state index contributed by atoms with van der Waals surface area (Å²) in [4.78, 5) is 2.55. The Morgan fingerprint density at radius 2 is 2.29 bits per heavy atom. The molecule has 1 aliphatic heterocycles. The molecule has 96 valence electrons. The number of nitrogens with two attached hydrogens (primary N) is 1. The Kier molecular flexibility index (Phi) is 4.74. The topological polar surface area (TPSA) is 47.1 Å². The first-order chi connectivity index (χ1) is 8.28. The number of likely N-dealkylation sites (tertiary alicyclic amines) is 1. The van der Waals surface area contributed by atoms with Gasteiger partial charge < -0.3 is 10.6 Å². The number of hydrogen-bond acceptors (Lipinski definition) is 4. The van der Waals surface area contributed by atoms with Crippen molar-refractivity contribution in [3.05, 3.63) is 12.4 Å². The average Bonchev–Trinajstić information content (AvgIpc) is 2.63. The number of rotatable bonds is 4. The lowest BCUT2D eigenvalue weighted by molar-refractivity contribution is 0.269. The maximum Gasteiger partial charge on any atom is 0.0719 e. The molecule has 1 atom stereocenters. The van der Waals surface area contributed by atoms with Crippen LogP contribution in [0.2, 0.25) is 0 Å². The van der Waals surface area contributed by atoms with Crippen LogP contribution in [-0.2, 0) is 6.54 Å². The minimum Gasteiger partial charge on any atom is -0.396 e. The summed E-state index contributed by atoms with van der Waals surface area (Å²) in [7, 11) is 0. The third-order valence-corrected chi connectivity index (χ3v) is 4.54. The van der Waals surface area contributed by atoms with Crippen LogP contribution in [0.4, 0.5) is 5.69 Å². The Labute approximate surface area is 108 Å². The lowest BCUT2D eigenvalue weighted by atomic mass is 10.2. The summed E-state index contributed by atoms with van der Waals surface area (Å²) in [6, 6.07) is 0. The van der Waals surface area contributed by atoms with Gasteiger partial charge in [-0.2, -0.15) is 16.9 Å². The molecule has 1 aromatic rings. The fourth-order valence-electron chi connectivity index (χ4n) is 2.33. The van der Waals surface area contributed by atoms with Crippen LogP contribution in [0.3, 0.4) is 0 Å². The average molecular weight is 254 g/mol. The first kappa shape index (κ1) is 12.8. The van der Waals surface area contributed by atoms with E-state index in [0.29, 0.717) is 0 Å². The highest BCUT2D eigenvalue weighted by atomic mass is 32.2. The summed E-state index contributed by atoms with van der Waals surface area (Å²) >= 11 is 2.02. The molecular weight excluding hydrogens is 232 g/mol. The fraction of sp³-hybridized carbons (Fsp3) is 0.750. The normalized spacial score (nSPS) is 22.5. The molecule has 0 spiro atoms. The highest BCUT2D eigenvalue weighted by Gasteiger charge is 2.15. The second kappa shape index (κ2) is 6.31. The summed E-state index contributed by atoms with van der Waals surface area (Å²) in [5, 5.41) is 5.08. The van der Waals surface area contributed by atoms with Crippen LogP contribution in [0.15, 0.2) is 12.4 Å². The van der Waals surface area contributed by atoms with Crippen LogP contribution in [0.5, 0.6) is 0 Å². The Morgan fingerprint density at radius 3 is 3.00 bits per heavy atom. The Bertz CT molecular complexity index is 339. The van der Waals surface area contributed by atoms with Crippen molar-refractivity contribution in [3.8, 4) is 0 Å². The van der Waals surface area contributed by atoms with Gasteiger partial charge in [-0.15, -0.1) is 0 Å². The largest absolute Gasteiger partial charge is 0.396 e. The Hall–Kier alpha value is -0.680. The van der Waals surface area contributed by atoms with Gasteiger partial charge >= 0.3 is 0 Å². The molecule has 4 nitrogen and oxygen atoms in total. The lowest BCUT2D eigenvalue weighted by Crippen LogP contribution is -2.28. The molecule has 0 aliphatic carbocycles. The number of nitrogens with zero attached hydrogens (tertiary/aromatic N) is 3. The van der Waals surface area contributed by atoms with Crippen LogP contribution in [-0.4, -0.2) is 45.8 Å². The highest BCUT2D eigenvalue weighted by molar-refractivity contribution is 7.99. The second-order valence-electron chi connectivity index (χ2n) is 4.67. The molecule has 1 unspecified atom stereocenters. The van der Waals surface area contributed by atoms with E-state index in [4.69, 9.17) is 5.73 Å². The van der Waals surface area contributed by atoms with E-state index in [-0.39, 0.29) is 0 Å². The van der Waals surface area contributed by atoms with Gasteiger partial charge in [-0.3, -0.25) is 4.68 Å². The monoisotopic (exact) mass is 254 g/mol. The number of aromatic nitrogens is 2. The SMILES string of the molecule is CSC1CCCN(CCn2cc(N)cn2)CC1. The quantitative estimate of drug-likeness (QED) is 0.888. The molecule has 2 rings (SSSR count). The molecule has 17 heavy (non-hydrogen) atoms. The van der Waals surface area contributed by atoms with Crippen molar-refractivity contribution in [3.63, 3.8) is 0 Å². The van der Waals surface area contributed by atoms with E-state index in [1.165, 1.54) is 32.4 Å². The van der Waals surface area contributed by atoms with Crippen molar-refractivity contribution in [2.24, 2.45) is 0 Å². The van der Waals surface area contributed by atoms with E-state index in [2.05, 4.69) is 16.3 Å². The summed E-state index contributed by atoms with van der Waals surface area (Å²) in [6.45, 7) is 4.49. The summed E-state index contributed by atoms with van der Waals surface area (Å²) in [5.74, 6) is 0. The first-order valence-electron chi connectivity index (χ1n) is 6.31. The zero-order valence-corrected chi connectivity index (χ0v) is 11.3. The molecule has 0 amide bonds. The number of anilines is 1. The standard InChI is InChI=1S/C12H22N4S/c1-17-12-3-2-5-15(6-4-12)7-8-16-10-11(13)9-14-16/h9-10,12H,2-8,13H2,1H3. The van der Waals surface area contributed by atoms with Gasteiger partial charge in [0, 0.05) is 18.0 Å². The molecule has 5 heteroatoms. The lowest BCUT2D eigenvalue weighted by Gasteiger charge is -2.19. The van der Waals surface area contributed by atoms with Crippen molar-refractivity contribution in [2.45, 2.75) is 31.1 Å². The zero-order valence-electron chi connectivity index (χ0n) is 10.5. The van der Waals surface area contributed by atoms with E-state index in [1.807, 2.05) is 22.6 Å². The van der Waals surface area contributed by atoms with Gasteiger partial charge in [-0.05, 0) is 38.6 Å². The van der Waals surface area contributed by atoms with Crippen LogP contribution in [0.25, 0.3) is 0 Å². The van der Waals surface area contributed by atoms with Crippen LogP contribution in [0.1, 0.15) is 19.3 Å². The summed E-state index contributed by atoms with van der Waals surface area (Å²) in [6.07, 6.45) is 9.86. The summed E-state index contributed by atoms with van der Waals surface area (Å²) < 4.78 is 1.94. The summed E-state index contributed by atoms with van der Waals surface area (Å²) in [5.41, 5.74) is 6.40. The molecule has 1 saturated heterocycles. The zero-order chi connectivity index (χ0) is 12.1. The van der Waals surface area contributed by atoms with E-state index in [9.17, 15) is 0 Å². The van der Waals surface area contributed by atoms with Crippen molar-refractivity contribution in [2.75, 3.05) is 31.6 Å². The fourth-order valence-corrected chi connectivity index (χ4v) is 3.07. The Morgan fingerprint density at radius 1 is 1.41 bits per heavy atom. The smallest absolute Gasteiger partial charge is 0.0719 e. The molecule has 2 heterocycles. The molecule has 0 aromatic carbocycles. The molecule has 1 aliphatic rings. The number of thioether (sulfide) groups is 1. The van der Waals surface area contributed by atoms with Crippen molar-refractivity contribution in [1.29, 1.82) is 0 Å². The second-order valence-corrected chi connectivity index (χ2v) is 5.81. The van der Waals surface area contributed by atoms with Gasteiger partial charge in [0.2, 0.25) is 0 Å². The van der Waals surface area contributed by atoms with E-state index < -0.39 is 0 Å². The Balaban J connectivity index is 1.75. The minimum absolute atomic E-state index is 0.753. The van der Waals surface area contributed by atoms with Crippen LogP contribution < -0.4 is 5.73 Å². The van der Waals surface area contributed by atoms with Gasteiger partial charge in [0.05, 0.1) is 18.4 Å². The minimum atomic E-state index is 0.753. The molecule has 0 saturated carbocycles. The van der Waals surface area contributed by atoms with E-state index >= 15 is 0 Å². The van der Waals surface area contributed by atoms with Crippen LogP contribution in [0, 0.1) is 0 Å². The van der Waals surface area contributed by atoms with E-state index in [1.54, 1.807) is 6.20 Å². The number of nitrogen functional groups attached to an aromatic ring is 1. The molecule has 0 bridgehead atoms. The van der Waals surface area contributed by atoms with Crippen molar-refractivity contribution < 1.29 is 0 Å². The first-order valence-corrected chi connectivity index (χ1v) is 7.60. The molecule has 2 N–H and O–H groups in total. The predicted octanol–water partition coefficient (Wildman–Crippen LogP) is 1.68. The third-order valence-electron chi connectivity index (χ3n) is 3.40.